The zero-order chi connectivity index (χ0) is 18.4. The summed E-state index contributed by atoms with van der Waals surface area (Å²) >= 11 is 7.63. The Morgan fingerprint density at radius 3 is 2.58 bits per heavy atom. The maximum absolute atomic E-state index is 12.4. The number of rotatable bonds is 7. The molecule has 0 aliphatic carbocycles. The van der Waals surface area contributed by atoms with Gasteiger partial charge in [-0.05, 0) is 31.2 Å². The molecule has 0 bridgehead atoms. The number of halogens is 1. The van der Waals surface area contributed by atoms with Gasteiger partial charge in [0.15, 0.2) is 0 Å². The van der Waals surface area contributed by atoms with E-state index in [1.54, 1.807) is 11.3 Å². The minimum Gasteiger partial charge on any atom is -0.492 e. The standard InChI is InChI=1S/C19H24ClN3O2S/c1-2-25-17-6-4-3-5-16(17)21-19(24)14-23-11-9-22(10-12-23)13-15-7-8-18(20)26-15/h3-8H,2,9-14H2,1H3,(H,21,24). The van der Waals surface area contributed by atoms with E-state index in [0.29, 0.717) is 18.9 Å². The highest BCUT2D eigenvalue weighted by Gasteiger charge is 2.20. The largest absolute Gasteiger partial charge is 0.492 e. The van der Waals surface area contributed by atoms with Crippen molar-refractivity contribution in [2.45, 2.75) is 13.5 Å². The minimum atomic E-state index is -0.00404. The van der Waals surface area contributed by atoms with Crippen molar-refractivity contribution in [3.05, 3.63) is 45.6 Å². The van der Waals surface area contributed by atoms with Gasteiger partial charge in [0.25, 0.3) is 0 Å². The minimum absolute atomic E-state index is 0.00404. The van der Waals surface area contributed by atoms with Crippen LogP contribution >= 0.6 is 22.9 Å². The Hall–Kier alpha value is -1.60. The molecule has 1 amide bonds. The van der Waals surface area contributed by atoms with Crippen LogP contribution in [0.15, 0.2) is 36.4 Å². The van der Waals surface area contributed by atoms with E-state index in [1.807, 2.05) is 37.3 Å². The molecule has 0 spiro atoms. The van der Waals surface area contributed by atoms with Gasteiger partial charge in [-0.2, -0.15) is 0 Å². The van der Waals surface area contributed by atoms with E-state index in [1.165, 1.54) is 4.88 Å². The zero-order valence-electron chi connectivity index (χ0n) is 14.9. The van der Waals surface area contributed by atoms with Crippen LogP contribution in [0.2, 0.25) is 4.34 Å². The van der Waals surface area contributed by atoms with Gasteiger partial charge in [0.1, 0.15) is 5.75 Å². The summed E-state index contributed by atoms with van der Waals surface area (Å²) in [5.41, 5.74) is 0.729. The molecule has 1 aliphatic rings. The Labute approximate surface area is 163 Å². The molecule has 0 saturated carbocycles. The zero-order valence-corrected chi connectivity index (χ0v) is 16.5. The van der Waals surface area contributed by atoms with E-state index in [4.69, 9.17) is 16.3 Å². The normalized spacial score (nSPS) is 15.8. The average Bonchev–Trinajstić information content (AvgIpc) is 3.03. The predicted octanol–water partition coefficient (Wildman–Crippen LogP) is 3.56. The smallest absolute Gasteiger partial charge is 0.238 e. The van der Waals surface area contributed by atoms with Crippen molar-refractivity contribution in [3.8, 4) is 5.75 Å². The molecule has 1 aromatic heterocycles. The third-order valence-electron chi connectivity index (χ3n) is 4.30. The van der Waals surface area contributed by atoms with Gasteiger partial charge in [-0.25, -0.2) is 0 Å². The summed E-state index contributed by atoms with van der Waals surface area (Å²) in [6.07, 6.45) is 0. The number of thiophene rings is 1. The summed E-state index contributed by atoms with van der Waals surface area (Å²) in [6.45, 7) is 7.53. The second kappa shape index (κ2) is 9.37. The molecule has 1 fully saturated rings. The lowest BCUT2D eigenvalue weighted by Crippen LogP contribution is -2.48. The molecule has 1 N–H and O–H groups in total. The third-order valence-corrected chi connectivity index (χ3v) is 5.52. The fourth-order valence-electron chi connectivity index (χ4n) is 3.01. The van der Waals surface area contributed by atoms with Gasteiger partial charge in [-0.3, -0.25) is 14.6 Å². The Kier molecular flexibility index (Phi) is 6.91. The summed E-state index contributed by atoms with van der Waals surface area (Å²) in [5.74, 6) is 0.707. The van der Waals surface area contributed by atoms with E-state index in [0.717, 1.165) is 42.7 Å². The first kappa shape index (κ1) is 19.2. The number of carbonyl (C=O) groups is 1. The second-order valence-corrected chi connectivity index (χ2v) is 8.04. The molecule has 0 atom stereocenters. The fraction of sp³-hybridized carbons (Fsp3) is 0.421. The molecule has 2 aromatic rings. The molecule has 1 aromatic carbocycles. The molecule has 3 rings (SSSR count). The summed E-state index contributed by atoms with van der Waals surface area (Å²) in [4.78, 5) is 18.3. The molecular weight excluding hydrogens is 370 g/mol. The highest BCUT2D eigenvalue weighted by Crippen LogP contribution is 2.24. The summed E-state index contributed by atoms with van der Waals surface area (Å²) in [7, 11) is 0. The van der Waals surface area contributed by atoms with Gasteiger partial charge in [0, 0.05) is 37.6 Å². The molecule has 5 nitrogen and oxygen atoms in total. The molecule has 0 radical (unpaired) electrons. The van der Waals surface area contributed by atoms with Crippen molar-refractivity contribution >= 4 is 34.5 Å². The van der Waals surface area contributed by atoms with E-state index < -0.39 is 0 Å². The molecule has 140 valence electrons. The van der Waals surface area contributed by atoms with E-state index in [2.05, 4.69) is 21.2 Å². The quantitative estimate of drug-likeness (QED) is 0.781. The van der Waals surface area contributed by atoms with Crippen molar-refractivity contribution < 1.29 is 9.53 Å². The number of benzene rings is 1. The van der Waals surface area contributed by atoms with Crippen LogP contribution in [0.3, 0.4) is 0 Å². The van der Waals surface area contributed by atoms with Crippen LogP contribution in [0.25, 0.3) is 0 Å². The van der Waals surface area contributed by atoms with Crippen LogP contribution in [0, 0.1) is 0 Å². The fourth-order valence-corrected chi connectivity index (χ4v) is 4.14. The van der Waals surface area contributed by atoms with E-state index >= 15 is 0 Å². The Morgan fingerprint density at radius 2 is 1.88 bits per heavy atom. The number of hydrogen-bond donors (Lipinski definition) is 1. The van der Waals surface area contributed by atoms with Crippen LogP contribution in [-0.4, -0.2) is 55.0 Å². The first-order chi connectivity index (χ1) is 12.6. The van der Waals surface area contributed by atoms with Crippen LogP contribution in [0.4, 0.5) is 5.69 Å². The van der Waals surface area contributed by atoms with Crippen molar-refractivity contribution in [3.63, 3.8) is 0 Å². The molecule has 7 heteroatoms. The number of amides is 1. The number of piperazine rings is 1. The maximum atomic E-state index is 12.4. The van der Waals surface area contributed by atoms with Crippen LogP contribution < -0.4 is 10.1 Å². The number of hydrogen-bond acceptors (Lipinski definition) is 5. The van der Waals surface area contributed by atoms with Crippen LogP contribution in [0.1, 0.15) is 11.8 Å². The molecule has 1 aliphatic heterocycles. The molecular formula is C19H24ClN3O2S. The van der Waals surface area contributed by atoms with Gasteiger partial charge in [0.2, 0.25) is 5.91 Å². The lowest BCUT2D eigenvalue weighted by atomic mass is 10.2. The molecule has 26 heavy (non-hydrogen) atoms. The van der Waals surface area contributed by atoms with Gasteiger partial charge in [-0.1, -0.05) is 23.7 Å². The highest BCUT2D eigenvalue weighted by atomic mass is 35.5. The summed E-state index contributed by atoms with van der Waals surface area (Å²) < 4.78 is 6.39. The molecule has 0 unspecified atom stereocenters. The maximum Gasteiger partial charge on any atom is 0.238 e. The Morgan fingerprint density at radius 1 is 1.15 bits per heavy atom. The summed E-state index contributed by atoms with van der Waals surface area (Å²) in [5, 5.41) is 2.96. The van der Waals surface area contributed by atoms with E-state index in [9.17, 15) is 4.79 Å². The topological polar surface area (TPSA) is 44.8 Å². The number of anilines is 1. The van der Waals surface area contributed by atoms with Crippen LogP contribution in [-0.2, 0) is 11.3 Å². The van der Waals surface area contributed by atoms with Crippen molar-refractivity contribution in [1.29, 1.82) is 0 Å². The third kappa shape index (κ3) is 5.45. The number of carbonyl (C=O) groups excluding carboxylic acids is 1. The van der Waals surface area contributed by atoms with Gasteiger partial charge in [-0.15, -0.1) is 11.3 Å². The predicted molar refractivity (Wildman–Crippen MR) is 107 cm³/mol. The molecule has 1 saturated heterocycles. The lowest BCUT2D eigenvalue weighted by molar-refractivity contribution is -0.117. The average molecular weight is 394 g/mol. The first-order valence-corrected chi connectivity index (χ1v) is 10.0. The number of nitrogens with one attached hydrogen (secondary N) is 1. The Bertz CT molecular complexity index is 729. The Balaban J connectivity index is 1.45. The second-order valence-electron chi connectivity index (χ2n) is 6.24. The first-order valence-electron chi connectivity index (χ1n) is 8.84. The van der Waals surface area contributed by atoms with Gasteiger partial charge >= 0.3 is 0 Å². The lowest BCUT2D eigenvalue weighted by Gasteiger charge is -2.34. The van der Waals surface area contributed by atoms with Gasteiger partial charge < -0.3 is 10.1 Å². The van der Waals surface area contributed by atoms with Gasteiger partial charge in [0.05, 0.1) is 23.2 Å². The van der Waals surface area contributed by atoms with Crippen molar-refractivity contribution in [1.82, 2.24) is 9.80 Å². The SMILES string of the molecule is CCOc1ccccc1NC(=O)CN1CCN(Cc2ccc(Cl)s2)CC1. The van der Waals surface area contributed by atoms with E-state index in [-0.39, 0.29) is 5.91 Å². The number of para-hydroxylation sites is 2. The van der Waals surface area contributed by atoms with Crippen LogP contribution in [0.5, 0.6) is 5.75 Å². The summed E-state index contributed by atoms with van der Waals surface area (Å²) in [6, 6.07) is 11.6. The molecule has 2 heterocycles. The monoisotopic (exact) mass is 393 g/mol. The highest BCUT2D eigenvalue weighted by molar-refractivity contribution is 7.16. The number of nitrogens with zero attached hydrogens (tertiary/aromatic N) is 2. The van der Waals surface area contributed by atoms with Crippen molar-refractivity contribution in [2.75, 3.05) is 44.6 Å². The van der Waals surface area contributed by atoms with Crippen molar-refractivity contribution in [2.24, 2.45) is 0 Å². The number of ether oxygens (including phenoxy) is 1.